The zero-order valence-electron chi connectivity index (χ0n) is 11.5. The molecule has 0 aliphatic rings. The molecule has 0 spiro atoms. The first-order chi connectivity index (χ1) is 9.61. The minimum Gasteiger partial charge on any atom is -0.493 e. The highest BCUT2D eigenvalue weighted by atomic mass is 16.5. The van der Waals surface area contributed by atoms with Crippen molar-refractivity contribution in [2.75, 3.05) is 26.1 Å². The number of carbonyl (C=O) groups is 2. The van der Waals surface area contributed by atoms with Gasteiger partial charge in [0.15, 0.2) is 0 Å². The van der Waals surface area contributed by atoms with Gasteiger partial charge >= 0.3 is 11.9 Å². The first-order valence-electron chi connectivity index (χ1n) is 6.32. The lowest BCUT2D eigenvalue weighted by molar-refractivity contribution is -0.146. The molecule has 0 aliphatic carbocycles. The van der Waals surface area contributed by atoms with Crippen LogP contribution in [-0.2, 0) is 19.1 Å². The van der Waals surface area contributed by atoms with E-state index in [0.717, 1.165) is 0 Å². The SMILES string of the molecule is COC(=O)CCCOC(=O)CCOc1cccc(N)c1. The fourth-order valence-corrected chi connectivity index (χ4v) is 1.43. The molecular formula is C14H19NO5. The summed E-state index contributed by atoms with van der Waals surface area (Å²) >= 11 is 0. The number of hydrogen-bond donors (Lipinski definition) is 1. The third kappa shape index (κ3) is 6.63. The molecule has 0 fully saturated rings. The van der Waals surface area contributed by atoms with Crippen LogP contribution < -0.4 is 10.5 Å². The number of methoxy groups -OCH3 is 1. The predicted octanol–water partition coefficient (Wildman–Crippen LogP) is 1.53. The van der Waals surface area contributed by atoms with Gasteiger partial charge in [0.05, 0.1) is 26.7 Å². The Hall–Kier alpha value is -2.24. The van der Waals surface area contributed by atoms with Crippen molar-refractivity contribution >= 4 is 17.6 Å². The number of benzene rings is 1. The van der Waals surface area contributed by atoms with Gasteiger partial charge in [0, 0.05) is 18.2 Å². The standard InChI is InChI=1S/C14H19NO5/c1-18-13(16)6-3-8-20-14(17)7-9-19-12-5-2-4-11(15)10-12/h2,4-5,10H,3,6-9,15H2,1H3. The molecule has 0 heterocycles. The number of nitrogens with two attached hydrogens (primary N) is 1. The van der Waals surface area contributed by atoms with Crippen LogP contribution >= 0.6 is 0 Å². The highest BCUT2D eigenvalue weighted by molar-refractivity contribution is 5.70. The molecule has 1 aromatic carbocycles. The molecule has 0 bridgehead atoms. The van der Waals surface area contributed by atoms with Gasteiger partial charge in [0.2, 0.25) is 0 Å². The van der Waals surface area contributed by atoms with Crippen molar-refractivity contribution in [1.82, 2.24) is 0 Å². The van der Waals surface area contributed by atoms with E-state index in [9.17, 15) is 9.59 Å². The molecule has 20 heavy (non-hydrogen) atoms. The lowest BCUT2D eigenvalue weighted by Crippen LogP contribution is -2.11. The van der Waals surface area contributed by atoms with Crippen LogP contribution in [0.2, 0.25) is 0 Å². The summed E-state index contributed by atoms with van der Waals surface area (Å²) < 4.78 is 14.8. The Balaban J connectivity index is 2.10. The van der Waals surface area contributed by atoms with Crippen LogP contribution in [0.15, 0.2) is 24.3 Å². The molecule has 0 saturated carbocycles. The molecular weight excluding hydrogens is 262 g/mol. The van der Waals surface area contributed by atoms with Crippen molar-refractivity contribution in [3.63, 3.8) is 0 Å². The van der Waals surface area contributed by atoms with E-state index >= 15 is 0 Å². The number of esters is 2. The predicted molar refractivity (Wildman–Crippen MR) is 73.2 cm³/mol. The van der Waals surface area contributed by atoms with Crippen LogP contribution in [-0.4, -0.2) is 32.3 Å². The lowest BCUT2D eigenvalue weighted by atomic mass is 10.3. The van der Waals surface area contributed by atoms with Crippen molar-refractivity contribution in [1.29, 1.82) is 0 Å². The highest BCUT2D eigenvalue weighted by Crippen LogP contribution is 2.14. The zero-order chi connectivity index (χ0) is 14.8. The lowest BCUT2D eigenvalue weighted by Gasteiger charge is -2.07. The summed E-state index contributed by atoms with van der Waals surface area (Å²) in [5.74, 6) is -0.0618. The Kier molecular flexibility index (Phi) is 6.95. The van der Waals surface area contributed by atoms with E-state index < -0.39 is 0 Å². The van der Waals surface area contributed by atoms with Crippen molar-refractivity contribution < 1.29 is 23.8 Å². The third-order valence-electron chi connectivity index (χ3n) is 2.45. The van der Waals surface area contributed by atoms with Gasteiger partial charge in [-0.3, -0.25) is 9.59 Å². The average molecular weight is 281 g/mol. The van der Waals surface area contributed by atoms with E-state index in [1.165, 1.54) is 7.11 Å². The summed E-state index contributed by atoms with van der Waals surface area (Å²) in [4.78, 5) is 22.2. The van der Waals surface area contributed by atoms with Crippen LogP contribution in [0.5, 0.6) is 5.75 Å². The van der Waals surface area contributed by atoms with Gasteiger partial charge in [-0.25, -0.2) is 0 Å². The van der Waals surface area contributed by atoms with Crippen molar-refractivity contribution in [3.05, 3.63) is 24.3 Å². The molecule has 0 atom stereocenters. The molecule has 2 N–H and O–H groups in total. The van der Waals surface area contributed by atoms with Gasteiger partial charge in [-0.2, -0.15) is 0 Å². The maximum atomic E-state index is 11.4. The molecule has 1 aromatic rings. The molecule has 6 heteroatoms. The number of rotatable bonds is 8. The highest BCUT2D eigenvalue weighted by Gasteiger charge is 2.05. The largest absolute Gasteiger partial charge is 0.493 e. The average Bonchev–Trinajstić information content (AvgIpc) is 2.43. The van der Waals surface area contributed by atoms with Crippen LogP contribution in [0, 0.1) is 0 Å². The second kappa shape index (κ2) is 8.79. The zero-order valence-corrected chi connectivity index (χ0v) is 11.5. The van der Waals surface area contributed by atoms with E-state index in [2.05, 4.69) is 4.74 Å². The van der Waals surface area contributed by atoms with Gasteiger partial charge in [0.25, 0.3) is 0 Å². The maximum Gasteiger partial charge on any atom is 0.309 e. The first kappa shape index (κ1) is 15.8. The summed E-state index contributed by atoms with van der Waals surface area (Å²) in [5.41, 5.74) is 6.20. The molecule has 0 aromatic heterocycles. The van der Waals surface area contributed by atoms with Crippen molar-refractivity contribution in [2.45, 2.75) is 19.3 Å². The van der Waals surface area contributed by atoms with E-state index in [1.54, 1.807) is 24.3 Å². The minimum atomic E-state index is -0.362. The third-order valence-corrected chi connectivity index (χ3v) is 2.45. The monoisotopic (exact) mass is 281 g/mol. The molecule has 6 nitrogen and oxygen atoms in total. The Morgan fingerprint density at radius 3 is 2.65 bits per heavy atom. The van der Waals surface area contributed by atoms with Gasteiger partial charge in [-0.05, 0) is 18.6 Å². The number of hydrogen-bond acceptors (Lipinski definition) is 6. The maximum absolute atomic E-state index is 11.4. The molecule has 0 amide bonds. The van der Waals surface area contributed by atoms with Crippen molar-refractivity contribution in [3.8, 4) is 5.75 Å². The molecule has 0 aliphatic heterocycles. The Morgan fingerprint density at radius 1 is 1.15 bits per heavy atom. The molecule has 0 radical (unpaired) electrons. The summed E-state index contributed by atoms with van der Waals surface area (Å²) in [5, 5.41) is 0. The molecule has 1 rings (SSSR count). The van der Waals surface area contributed by atoms with Gasteiger partial charge in [-0.1, -0.05) is 6.07 Å². The number of carbonyl (C=O) groups excluding carboxylic acids is 2. The number of ether oxygens (including phenoxy) is 3. The summed E-state index contributed by atoms with van der Waals surface area (Å²) in [7, 11) is 1.32. The molecule has 0 unspecified atom stereocenters. The number of anilines is 1. The molecule has 0 saturated heterocycles. The van der Waals surface area contributed by atoms with E-state index in [1.807, 2.05) is 0 Å². The van der Waals surface area contributed by atoms with Gasteiger partial charge < -0.3 is 19.9 Å². The van der Waals surface area contributed by atoms with Crippen LogP contribution in [0.4, 0.5) is 5.69 Å². The van der Waals surface area contributed by atoms with Crippen molar-refractivity contribution in [2.24, 2.45) is 0 Å². The second-order valence-electron chi connectivity index (χ2n) is 4.07. The number of nitrogen functional groups attached to an aromatic ring is 1. The van der Waals surface area contributed by atoms with Gasteiger partial charge in [-0.15, -0.1) is 0 Å². The van der Waals surface area contributed by atoms with Gasteiger partial charge in [0.1, 0.15) is 5.75 Å². The van der Waals surface area contributed by atoms with E-state index in [-0.39, 0.29) is 38.0 Å². The Bertz CT molecular complexity index is 447. The summed E-state index contributed by atoms with van der Waals surface area (Å²) in [6, 6.07) is 6.97. The van der Waals surface area contributed by atoms with Crippen LogP contribution in [0.1, 0.15) is 19.3 Å². The first-order valence-corrected chi connectivity index (χ1v) is 6.32. The second-order valence-corrected chi connectivity index (χ2v) is 4.07. The van der Waals surface area contributed by atoms with Crippen LogP contribution in [0.3, 0.4) is 0 Å². The Labute approximate surface area is 117 Å². The summed E-state index contributed by atoms with van der Waals surface area (Å²) in [6.07, 6.45) is 0.838. The fourth-order valence-electron chi connectivity index (χ4n) is 1.43. The quantitative estimate of drug-likeness (QED) is 0.442. The normalized spacial score (nSPS) is 9.85. The van der Waals surface area contributed by atoms with E-state index in [4.69, 9.17) is 15.2 Å². The fraction of sp³-hybridized carbons (Fsp3) is 0.429. The Morgan fingerprint density at radius 2 is 1.95 bits per heavy atom. The topological polar surface area (TPSA) is 87.8 Å². The van der Waals surface area contributed by atoms with Crippen LogP contribution in [0.25, 0.3) is 0 Å². The summed E-state index contributed by atoms with van der Waals surface area (Å²) in [6.45, 7) is 0.422. The minimum absolute atomic E-state index is 0.146. The van der Waals surface area contributed by atoms with E-state index in [0.29, 0.717) is 17.9 Å². The molecule has 110 valence electrons. The smallest absolute Gasteiger partial charge is 0.309 e.